The lowest BCUT2D eigenvalue weighted by atomic mass is 10.2. The highest BCUT2D eigenvalue weighted by Crippen LogP contribution is 2.19. The number of aromatic amines is 1. The minimum Gasteiger partial charge on any atom is -0.346 e. The molecule has 0 atom stereocenters. The third kappa shape index (κ3) is 3.84. The van der Waals surface area contributed by atoms with Gasteiger partial charge in [-0.25, -0.2) is 0 Å². The fourth-order valence-electron chi connectivity index (χ4n) is 2.05. The van der Waals surface area contributed by atoms with Crippen molar-refractivity contribution in [2.75, 3.05) is 5.32 Å². The summed E-state index contributed by atoms with van der Waals surface area (Å²) in [6.45, 7) is 0.297. The van der Waals surface area contributed by atoms with Crippen molar-refractivity contribution in [2.24, 2.45) is 0 Å². The number of carbonyl (C=O) groups excluding carboxylic acids is 1. The fraction of sp³-hybridized carbons (Fsp3) is 0.0625. The van der Waals surface area contributed by atoms with Crippen LogP contribution in [0.1, 0.15) is 16.1 Å². The fourth-order valence-corrected chi connectivity index (χ4v) is 2.38. The van der Waals surface area contributed by atoms with E-state index in [0.29, 0.717) is 22.4 Å². The molecule has 0 saturated heterocycles. The van der Waals surface area contributed by atoms with Gasteiger partial charge in [-0.2, -0.15) is 5.21 Å². The van der Waals surface area contributed by atoms with E-state index in [1.807, 2.05) is 18.2 Å². The first-order valence-corrected chi connectivity index (χ1v) is 7.84. The molecule has 0 spiro atoms. The van der Waals surface area contributed by atoms with E-state index in [-0.39, 0.29) is 11.6 Å². The van der Waals surface area contributed by atoms with Crippen LogP contribution in [0.25, 0.3) is 0 Å². The number of halogens is 2. The smallest absolute Gasteiger partial charge is 0.275 e. The number of aromatic nitrogens is 3. The van der Waals surface area contributed by atoms with Crippen LogP contribution in [-0.2, 0) is 6.54 Å². The van der Waals surface area contributed by atoms with E-state index < -0.39 is 0 Å². The van der Waals surface area contributed by atoms with Crippen LogP contribution in [0.4, 0.5) is 11.5 Å². The molecule has 0 unspecified atom stereocenters. The summed E-state index contributed by atoms with van der Waals surface area (Å²) >= 11 is 11.9. The van der Waals surface area contributed by atoms with Gasteiger partial charge in [-0.3, -0.25) is 4.79 Å². The number of hydrogen-bond acceptors (Lipinski definition) is 4. The average Bonchev–Trinajstić information content (AvgIpc) is 3.04. The molecular formula is C16H13Cl2N5O. The number of carbonyl (C=O) groups is 1. The Balaban J connectivity index is 1.69. The monoisotopic (exact) mass is 361 g/mol. The number of nitrogens with zero attached hydrogens (tertiary/aromatic N) is 2. The number of rotatable bonds is 5. The minimum absolute atomic E-state index is 0.164. The van der Waals surface area contributed by atoms with E-state index in [1.54, 1.807) is 30.3 Å². The summed E-state index contributed by atoms with van der Waals surface area (Å²) in [5, 5.41) is 17.3. The Morgan fingerprint density at radius 1 is 1.04 bits per heavy atom. The maximum atomic E-state index is 12.3. The SMILES string of the molecule is O=C(NCc1ccccc1Cl)c1n[nH]nc1Nc1ccc(Cl)cc1. The van der Waals surface area contributed by atoms with Crippen molar-refractivity contribution < 1.29 is 4.79 Å². The highest BCUT2D eigenvalue weighted by Gasteiger charge is 2.16. The Hall–Kier alpha value is -2.57. The second-order valence-corrected chi connectivity index (χ2v) is 5.77. The van der Waals surface area contributed by atoms with E-state index in [2.05, 4.69) is 26.0 Å². The van der Waals surface area contributed by atoms with Crippen LogP contribution in [0.2, 0.25) is 10.0 Å². The lowest BCUT2D eigenvalue weighted by molar-refractivity contribution is 0.0947. The first-order valence-electron chi connectivity index (χ1n) is 7.08. The van der Waals surface area contributed by atoms with E-state index in [1.165, 1.54) is 0 Å². The molecule has 0 saturated carbocycles. The normalized spacial score (nSPS) is 10.4. The van der Waals surface area contributed by atoms with Crippen LogP contribution in [0.3, 0.4) is 0 Å². The second-order valence-electron chi connectivity index (χ2n) is 4.93. The van der Waals surface area contributed by atoms with Crippen molar-refractivity contribution in [3.8, 4) is 0 Å². The molecule has 3 rings (SSSR count). The maximum absolute atomic E-state index is 12.3. The minimum atomic E-state index is -0.361. The zero-order valence-electron chi connectivity index (χ0n) is 12.4. The first kappa shape index (κ1) is 16.3. The van der Waals surface area contributed by atoms with Gasteiger partial charge < -0.3 is 10.6 Å². The predicted octanol–water partition coefficient (Wildman–Crippen LogP) is 3.79. The quantitative estimate of drug-likeness (QED) is 0.645. The molecule has 8 heteroatoms. The topological polar surface area (TPSA) is 82.7 Å². The Bertz CT molecular complexity index is 848. The number of amides is 1. The molecule has 1 amide bonds. The van der Waals surface area contributed by atoms with Gasteiger partial charge in [-0.05, 0) is 35.9 Å². The van der Waals surface area contributed by atoms with Gasteiger partial charge in [0, 0.05) is 22.3 Å². The molecule has 0 bridgehead atoms. The number of H-pyrrole nitrogens is 1. The molecule has 0 radical (unpaired) electrons. The van der Waals surface area contributed by atoms with Crippen LogP contribution in [0.5, 0.6) is 0 Å². The van der Waals surface area contributed by atoms with Crippen LogP contribution in [0, 0.1) is 0 Å². The predicted molar refractivity (Wildman–Crippen MR) is 93.7 cm³/mol. The van der Waals surface area contributed by atoms with E-state index in [4.69, 9.17) is 23.2 Å². The van der Waals surface area contributed by atoms with Crippen molar-refractivity contribution in [3.63, 3.8) is 0 Å². The highest BCUT2D eigenvalue weighted by atomic mass is 35.5. The van der Waals surface area contributed by atoms with E-state index in [9.17, 15) is 4.79 Å². The Morgan fingerprint density at radius 2 is 1.79 bits per heavy atom. The number of hydrogen-bond donors (Lipinski definition) is 3. The Kier molecular flexibility index (Phi) is 4.98. The summed E-state index contributed by atoms with van der Waals surface area (Å²) in [7, 11) is 0. The average molecular weight is 362 g/mol. The molecule has 3 N–H and O–H groups in total. The highest BCUT2D eigenvalue weighted by molar-refractivity contribution is 6.31. The molecule has 3 aromatic rings. The third-order valence-corrected chi connectivity index (χ3v) is 3.89. The summed E-state index contributed by atoms with van der Waals surface area (Å²) in [6, 6.07) is 14.3. The second kappa shape index (κ2) is 7.33. The first-order chi connectivity index (χ1) is 11.6. The molecule has 122 valence electrons. The summed E-state index contributed by atoms with van der Waals surface area (Å²) in [5.41, 5.74) is 1.73. The molecule has 0 fully saturated rings. The molecule has 0 aliphatic rings. The van der Waals surface area contributed by atoms with Crippen LogP contribution in [0.15, 0.2) is 48.5 Å². The summed E-state index contributed by atoms with van der Waals surface area (Å²) in [6.07, 6.45) is 0. The number of anilines is 2. The summed E-state index contributed by atoms with van der Waals surface area (Å²) < 4.78 is 0. The molecule has 0 aliphatic heterocycles. The van der Waals surface area contributed by atoms with Gasteiger partial charge in [-0.15, -0.1) is 10.2 Å². The largest absolute Gasteiger partial charge is 0.346 e. The molecule has 24 heavy (non-hydrogen) atoms. The maximum Gasteiger partial charge on any atom is 0.275 e. The van der Waals surface area contributed by atoms with Gasteiger partial charge in [0.25, 0.3) is 5.91 Å². The number of benzene rings is 2. The lowest BCUT2D eigenvalue weighted by Crippen LogP contribution is -2.24. The molecule has 0 aliphatic carbocycles. The third-order valence-electron chi connectivity index (χ3n) is 3.27. The Morgan fingerprint density at radius 3 is 2.54 bits per heavy atom. The zero-order chi connectivity index (χ0) is 16.9. The van der Waals surface area contributed by atoms with Crippen LogP contribution < -0.4 is 10.6 Å². The van der Waals surface area contributed by atoms with Crippen molar-refractivity contribution >= 4 is 40.6 Å². The van der Waals surface area contributed by atoms with Crippen molar-refractivity contribution in [1.29, 1.82) is 0 Å². The summed E-state index contributed by atoms with van der Waals surface area (Å²) in [5.74, 6) is -0.0332. The van der Waals surface area contributed by atoms with E-state index >= 15 is 0 Å². The van der Waals surface area contributed by atoms with Crippen molar-refractivity contribution in [1.82, 2.24) is 20.7 Å². The molecular weight excluding hydrogens is 349 g/mol. The summed E-state index contributed by atoms with van der Waals surface area (Å²) in [4.78, 5) is 12.3. The van der Waals surface area contributed by atoms with Gasteiger partial charge in [0.1, 0.15) is 0 Å². The molecule has 1 aromatic heterocycles. The van der Waals surface area contributed by atoms with Gasteiger partial charge in [0.2, 0.25) is 0 Å². The van der Waals surface area contributed by atoms with Gasteiger partial charge >= 0.3 is 0 Å². The van der Waals surface area contributed by atoms with Gasteiger partial charge in [0.05, 0.1) is 0 Å². The molecule has 2 aromatic carbocycles. The zero-order valence-corrected chi connectivity index (χ0v) is 13.9. The van der Waals surface area contributed by atoms with Crippen LogP contribution >= 0.6 is 23.2 Å². The number of nitrogens with one attached hydrogen (secondary N) is 3. The van der Waals surface area contributed by atoms with Crippen molar-refractivity contribution in [3.05, 3.63) is 69.8 Å². The Labute approximate surface area is 148 Å². The lowest BCUT2D eigenvalue weighted by Gasteiger charge is -2.07. The van der Waals surface area contributed by atoms with Crippen molar-refractivity contribution in [2.45, 2.75) is 6.54 Å². The molecule has 6 nitrogen and oxygen atoms in total. The molecule has 1 heterocycles. The standard InChI is InChI=1S/C16H13Cl2N5O/c17-11-5-7-12(8-6-11)20-15-14(21-23-22-15)16(24)19-9-10-3-1-2-4-13(10)18/h1-8H,9H2,(H,19,24)(H2,20,21,22,23). The van der Waals surface area contributed by atoms with Gasteiger partial charge in [-0.1, -0.05) is 41.4 Å². The van der Waals surface area contributed by atoms with Crippen LogP contribution in [-0.4, -0.2) is 21.3 Å². The van der Waals surface area contributed by atoms with Gasteiger partial charge in [0.15, 0.2) is 11.5 Å². The van der Waals surface area contributed by atoms with E-state index in [0.717, 1.165) is 11.3 Å².